The van der Waals surface area contributed by atoms with Gasteiger partial charge in [-0.15, -0.1) is 0 Å². The van der Waals surface area contributed by atoms with Crippen LogP contribution in [-0.2, 0) is 11.2 Å². The molecule has 0 fully saturated rings. The third-order valence-corrected chi connectivity index (χ3v) is 5.13. The van der Waals surface area contributed by atoms with Gasteiger partial charge in [0.15, 0.2) is 5.11 Å². The Bertz CT molecular complexity index is 888. The molecule has 2 aromatic carbocycles. The maximum absolute atomic E-state index is 12.2. The lowest BCUT2D eigenvalue weighted by Crippen LogP contribution is -2.44. The zero-order valence-electron chi connectivity index (χ0n) is 16.4. The van der Waals surface area contributed by atoms with E-state index in [4.69, 9.17) is 45.4 Å². The van der Waals surface area contributed by atoms with E-state index in [1.807, 2.05) is 35.2 Å². The van der Waals surface area contributed by atoms with Crippen molar-refractivity contribution in [2.75, 3.05) is 19.7 Å². The summed E-state index contributed by atoms with van der Waals surface area (Å²) in [6.45, 7) is 1.44. The Hall–Kier alpha value is -2.33. The number of amides is 1. The second kappa shape index (κ2) is 13.1. The van der Waals surface area contributed by atoms with Gasteiger partial charge in [-0.1, -0.05) is 53.5 Å². The molecule has 0 spiro atoms. The van der Waals surface area contributed by atoms with Crippen molar-refractivity contribution in [3.8, 4) is 11.8 Å². The molecule has 0 aliphatic heterocycles. The summed E-state index contributed by atoms with van der Waals surface area (Å²) in [6.07, 6.45) is 1.88. The first kappa shape index (κ1) is 23.9. The Morgan fingerprint density at radius 2 is 1.93 bits per heavy atom. The minimum Gasteiger partial charge on any atom is -0.492 e. The van der Waals surface area contributed by atoms with Crippen LogP contribution < -0.4 is 10.1 Å². The van der Waals surface area contributed by atoms with Gasteiger partial charge in [0.25, 0.3) is 0 Å². The molecule has 2 rings (SSSR count). The predicted octanol–water partition coefficient (Wildman–Crippen LogP) is 5.01. The first-order valence-corrected chi connectivity index (χ1v) is 10.7. The molecule has 1 amide bonds. The van der Waals surface area contributed by atoms with Gasteiger partial charge >= 0.3 is 0 Å². The summed E-state index contributed by atoms with van der Waals surface area (Å²) in [7, 11) is 0. The molecule has 2 aromatic rings. The summed E-state index contributed by atoms with van der Waals surface area (Å²) in [4.78, 5) is 14.1. The Labute approximate surface area is 192 Å². The highest BCUT2D eigenvalue weighted by Gasteiger charge is 2.13. The van der Waals surface area contributed by atoms with Crippen molar-refractivity contribution >= 4 is 46.4 Å². The second-order valence-electron chi connectivity index (χ2n) is 6.51. The van der Waals surface area contributed by atoms with Crippen LogP contribution in [-0.4, -0.2) is 35.6 Å². The van der Waals surface area contributed by atoms with Gasteiger partial charge in [-0.05, 0) is 48.8 Å². The molecule has 0 heterocycles. The smallest absolute Gasteiger partial charge is 0.226 e. The number of hydrogen-bond acceptors (Lipinski definition) is 4. The number of ether oxygens (including phenoxy) is 1. The molecule has 0 bridgehead atoms. The molecule has 158 valence electrons. The van der Waals surface area contributed by atoms with E-state index in [0.29, 0.717) is 53.4 Å². The van der Waals surface area contributed by atoms with E-state index >= 15 is 0 Å². The van der Waals surface area contributed by atoms with Crippen LogP contribution in [0.5, 0.6) is 5.75 Å². The van der Waals surface area contributed by atoms with Crippen LogP contribution in [0.15, 0.2) is 48.5 Å². The number of nitrogens with one attached hydrogen (secondary N) is 1. The van der Waals surface area contributed by atoms with Crippen LogP contribution >= 0.6 is 35.4 Å². The fourth-order valence-corrected chi connectivity index (χ4v) is 3.44. The number of nitrogens with zero attached hydrogens (tertiary/aromatic N) is 2. The Balaban J connectivity index is 1.76. The molecule has 30 heavy (non-hydrogen) atoms. The quantitative estimate of drug-likeness (QED) is 0.396. The first-order valence-electron chi connectivity index (χ1n) is 9.57. The van der Waals surface area contributed by atoms with Gasteiger partial charge in [-0.3, -0.25) is 4.79 Å². The van der Waals surface area contributed by atoms with Crippen LogP contribution in [0.1, 0.15) is 24.8 Å². The van der Waals surface area contributed by atoms with Gasteiger partial charge < -0.3 is 15.0 Å². The van der Waals surface area contributed by atoms with Crippen molar-refractivity contribution in [2.45, 2.75) is 25.7 Å². The number of thiocarbonyl (C=S) groups is 1. The molecule has 0 unspecified atom stereocenters. The van der Waals surface area contributed by atoms with E-state index in [0.717, 1.165) is 6.42 Å². The van der Waals surface area contributed by atoms with E-state index < -0.39 is 0 Å². The highest BCUT2D eigenvalue weighted by Crippen LogP contribution is 2.27. The lowest BCUT2D eigenvalue weighted by Gasteiger charge is -2.24. The number of carbonyl (C=O) groups excluding carboxylic acids is 1. The fraction of sp³-hybridized carbons (Fsp3) is 0.318. The molecule has 0 radical (unpaired) electrons. The van der Waals surface area contributed by atoms with Gasteiger partial charge in [0.05, 0.1) is 24.1 Å². The Kier molecular flexibility index (Phi) is 10.4. The summed E-state index contributed by atoms with van der Waals surface area (Å²) in [5.41, 5.74) is 1.17. The number of rotatable bonds is 10. The molecule has 0 aliphatic carbocycles. The number of benzene rings is 2. The number of hydrogen-bond donors (Lipinski definition) is 1. The van der Waals surface area contributed by atoms with Crippen LogP contribution in [0.4, 0.5) is 0 Å². The largest absolute Gasteiger partial charge is 0.492 e. The molecule has 8 heteroatoms. The van der Waals surface area contributed by atoms with Gasteiger partial charge in [0.1, 0.15) is 5.75 Å². The minimum atomic E-state index is -0.188. The van der Waals surface area contributed by atoms with E-state index in [1.165, 1.54) is 5.56 Å². The lowest BCUT2D eigenvalue weighted by atomic mass is 10.1. The van der Waals surface area contributed by atoms with Gasteiger partial charge in [-0.2, -0.15) is 5.26 Å². The first-order chi connectivity index (χ1) is 14.5. The summed E-state index contributed by atoms with van der Waals surface area (Å²) < 4.78 is 5.59. The minimum absolute atomic E-state index is 0.188. The lowest BCUT2D eigenvalue weighted by molar-refractivity contribution is -0.120. The average molecular weight is 464 g/mol. The summed E-state index contributed by atoms with van der Waals surface area (Å²) in [5.74, 6) is 0.341. The third-order valence-electron chi connectivity index (χ3n) is 4.24. The van der Waals surface area contributed by atoms with Crippen molar-refractivity contribution in [1.82, 2.24) is 10.2 Å². The SMILES string of the molecule is N#CCCN(CCc1ccccc1)C(=S)NC(=O)CCCOc1ccc(Cl)cc1Cl. The fourth-order valence-electron chi connectivity index (χ4n) is 2.68. The number of nitriles is 1. The van der Waals surface area contributed by atoms with E-state index in [2.05, 4.69) is 11.4 Å². The summed E-state index contributed by atoms with van der Waals surface area (Å²) in [6, 6.07) is 17.1. The summed E-state index contributed by atoms with van der Waals surface area (Å²) >= 11 is 17.3. The van der Waals surface area contributed by atoms with Crippen LogP contribution in [0, 0.1) is 11.3 Å². The monoisotopic (exact) mass is 463 g/mol. The van der Waals surface area contributed by atoms with Crippen LogP contribution in [0.3, 0.4) is 0 Å². The molecular formula is C22H23Cl2N3O2S. The molecule has 0 saturated carbocycles. The van der Waals surface area contributed by atoms with E-state index in [1.54, 1.807) is 18.2 Å². The second-order valence-corrected chi connectivity index (χ2v) is 7.74. The Morgan fingerprint density at radius 3 is 2.63 bits per heavy atom. The van der Waals surface area contributed by atoms with Crippen molar-refractivity contribution in [1.29, 1.82) is 5.26 Å². The molecule has 0 saturated heterocycles. The van der Waals surface area contributed by atoms with Gasteiger partial charge in [-0.25, -0.2) is 0 Å². The molecule has 5 nitrogen and oxygen atoms in total. The molecule has 0 aliphatic rings. The molecule has 0 atom stereocenters. The summed E-state index contributed by atoms with van der Waals surface area (Å²) in [5, 5.41) is 13.0. The highest BCUT2D eigenvalue weighted by molar-refractivity contribution is 7.80. The third kappa shape index (κ3) is 8.58. The maximum Gasteiger partial charge on any atom is 0.226 e. The highest BCUT2D eigenvalue weighted by atomic mass is 35.5. The van der Waals surface area contributed by atoms with Crippen molar-refractivity contribution in [2.24, 2.45) is 0 Å². The van der Waals surface area contributed by atoms with Crippen molar-refractivity contribution < 1.29 is 9.53 Å². The Morgan fingerprint density at radius 1 is 1.17 bits per heavy atom. The predicted molar refractivity (Wildman–Crippen MR) is 124 cm³/mol. The standard InChI is InChI=1S/C22H23Cl2N3O2S/c23-18-9-10-20(19(24)16-18)29-15-4-8-21(28)26-22(30)27(13-5-12-25)14-11-17-6-2-1-3-7-17/h1-3,6-7,9-10,16H,4-5,8,11,13-15H2,(H,26,28,30). The normalized spacial score (nSPS) is 10.2. The van der Waals surface area contributed by atoms with E-state index in [-0.39, 0.29) is 12.3 Å². The molecule has 0 aromatic heterocycles. The van der Waals surface area contributed by atoms with Crippen LogP contribution in [0.2, 0.25) is 10.0 Å². The molecule has 1 N–H and O–H groups in total. The zero-order chi connectivity index (χ0) is 21.8. The average Bonchev–Trinajstić information content (AvgIpc) is 2.73. The number of halogens is 2. The molecular weight excluding hydrogens is 441 g/mol. The van der Waals surface area contributed by atoms with Gasteiger partial charge in [0, 0.05) is 24.5 Å². The van der Waals surface area contributed by atoms with Crippen LogP contribution in [0.25, 0.3) is 0 Å². The van der Waals surface area contributed by atoms with Gasteiger partial charge in [0.2, 0.25) is 5.91 Å². The maximum atomic E-state index is 12.2. The number of carbonyl (C=O) groups is 1. The topological polar surface area (TPSA) is 65.4 Å². The van der Waals surface area contributed by atoms with E-state index in [9.17, 15) is 4.79 Å². The van der Waals surface area contributed by atoms with Crippen molar-refractivity contribution in [3.63, 3.8) is 0 Å². The zero-order valence-corrected chi connectivity index (χ0v) is 18.8. The van der Waals surface area contributed by atoms with Crippen molar-refractivity contribution in [3.05, 3.63) is 64.1 Å².